The van der Waals surface area contributed by atoms with Gasteiger partial charge in [-0.25, -0.2) is 0 Å². The molecular formula is C42H46F3N7O4. The van der Waals surface area contributed by atoms with Gasteiger partial charge in [0.2, 0.25) is 17.7 Å². The molecule has 5 aromatic rings. The number of hydrogen-bond acceptors (Lipinski definition) is 6. The number of para-hydroxylation sites is 1. The highest BCUT2D eigenvalue weighted by Crippen LogP contribution is 2.29. The summed E-state index contributed by atoms with van der Waals surface area (Å²) in [6, 6.07) is 22.6. The smallest absolute Gasteiger partial charge is 0.360 e. The quantitative estimate of drug-likeness (QED) is 0.131. The number of H-pyrrole nitrogens is 1. The van der Waals surface area contributed by atoms with Gasteiger partial charge in [0.05, 0.1) is 17.5 Å². The Morgan fingerprint density at radius 3 is 2.23 bits per heavy atom. The van der Waals surface area contributed by atoms with Crippen LogP contribution in [0.3, 0.4) is 0 Å². The maximum Gasteiger partial charge on any atom is 0.416 e. The number of aromatic amines is 1. The van der Waals surface area contributed by atoms with E-state index in [0.717, 1.165) is 60.2 Å². The van der Waals surface area contributed by atoms with E-state index in [4.69, 9.17) is 0 Å². The number of hydrogen-bond donors (Lipinski definition) is 4. The van der Waals surface area contributed by atoms with Crippen LogP contribution in [0.4, 0.5) is 13.2 Å². The fourth-order valence-electron chi connectivity index (χ4n) is 6.88. The highest BCUT2D eigenvalue weighted by atomic mass is 19.4. The van der Waals surface area contributed by atoms with Crippen molar-refractivity contribution >= 4 is 45.3 Å². The van der Waals surface area contributed by atoms with Crippen molar-refractivity contribution in [3.05, 3.63) is 119 Å². The lowest BCUT2D eigenvalue weighted by atomic mass is 10.00. The number of halogens is 3. The van der Waals surface area contributed by atoms with Crippen LogP contribution in [-0.2, 0) is 33.5 Å². The summed E-state index contributed by atoms with van der Waals surface area (Å²) in [5.41, 5.74) is 1.40. The molecule has 4 aromatic carbocycles. The zero-order valence-electron chi connectivity index (χ0n) is 31.4. The van der Waals surface area contributed by atoms with Gasteiger partial charge in [0, 0.05) is 76.4 Å². The first-order chi connectivity index (χ1) is 26.8. The molecule has 294 valence electrons. The minimum absolute atomic E-state index is 0.0303. The van der Waals surface area contributed by atoms with Crippen molar-refractivity contribution < 1.29 is 32.3 Å². The van der Waals surface area contributed by atoms with Crippen molar-refractivity contribution in [2.24, 2.45) is 0 Å². The van der Waals surface area contributed by atoms with E-state index < -0.39 is 47.5 Å². The monoisotopic (exact) mass is 769 g/mol. The zero-order chi connectivity index (χ0) is 39.8. The maximum absolute atomic E-state index is 14.2. The molecule has 4 amide bonds. The van der Waals surface area contributed by atoms with Crippen molar-refractivity contribution in [3.63, 3.8) is 0 Å². The summed E-state index contributed by atoms with van der Waals surface area (Å²) in [6.07, 6.45) is -3.29. The third-order valence-electron chi connectivity index (χ3n) is 10.1. The van der Waals surface area contributed by atoms with E-state index in [1.165, 1.54) is 30.3 Å². The third kappa shape index (κ3) is 10.3. The summed E-state index contributed by atoms with van der Waals surface area (Å²) in [6.45, 7) is 4.55. The van der Waals surface area contributed by atoms with Gasteiger partial charge in [-0.1, -0.05) is 72.8 Å². The molecule has 11 nitrogen and oxygen atoms in total. The number of fused-ring (bicyclic) bond motifs is 2. The molecule has 0 saturated carbocycles. The molecule has 1 saturated heterocycles. The van der Waals surface area contributed by atoms with Crippen LogP contribution in [0.2, 0.25) is 0 Å². The number of rotatable bonds is 14. The van der Waals surface area contributed by atoms with Crippen LogP contribution in [0.15, 0.2) is 97.2 Å². The number of carbonyl (C=O) groups excluding carboxylic acids is 4. The zero-order valence-corrected chi connectivity index (χ0v) is 31.4. The molecule has 1 aliphatic heterocycles. The molecule has 56 heavy (non-hydrogen) atoms. The Morgan fingerprint density at radius 1 is 0.821 bits per heavy atom. The van der Waals surface area contributed by atoms with Gasteiger partial charge in [-0.3, -0.25) is 24.1 Å². The number of nitrogens with zero attached hydrogens (tertiary/aromatic N) is 3. The molecule has 0 aliphatic carbocycles. The number of carbonyl (C=O) groups is 4. The van der Waals surface area contributed by atoms with Crippen molar-refractivity contribution in [3.8, 4) is 0 Å². The largest absolute Gasteiger partial charge is 0.416 e. The highest BCUT2D eigenvalue weighted by molar-refractivity contribution is 6.08. The molecule has 0 unspecified atom stereocenters. The number of nitrogens with one attached hydrogen (secondary N) is 4. The molecule has 1 aromatic heterocycles. The number of likely N-dealkylation sites (N-methyl/N-ethyl adjacent to an activating group) is 2. The molecule has 0 bridgehead atoms. The molecule has 1 aliphatic rings. The number of aromatic nitrogens is 1. The van der Waals surface area contributed by atoms with E-state index >= 15 is 0 Å². The third-order valence-corrected chi connectivity index (χ3v) is 10.1. The Balaban J connectivity index is 1.22. The minimum Gasteiger partial charge on any atom is -0.360 e. The summed E-state index contributed by atoms with van der Waals surface area (Å²) in [5.74, 6) is -2.28. The Labute approximate surface area is 323 Å². The van der Waals surface area contributed by atoms with Gasteiger partial charge in [-0.05, 0) is 47.1 Å². The molecule has 2 heterocycles. The molecular weight excluding hydrogens is 724 g/mol. The molecule has 4 N–H and O–H groups in total. The predicted molar refractivity (Wildman–Crippen MR) is 209 cm³/mol. The first-order valence-corrected chi connectivity index (χ1v) is 18.6. The SMILES string of the molecule is CN1CCN(CCNC(=O)C[C@H](NC(=O)c2c[nH]c3ccccc23)C(=O)N[C@@H](Cc2ccc3ccccc3c2)C(=O)N(C)Cc2ccc(C(F)(F)F)cc2)CC1. The van der Waals surface area contributed by atoms with Gasteiger partial charge in [0.15, 0.2) is 0 Å². The predicted octanol–water partition coefficient (Wildman–Crippen LogP) is 4.58. The number of amides is 4. The second kappa shape index (κ2) is 17.8. The van der Waals surface area contributed by atoms with Crippen LogP contribution in [-0.4, -0.2) is 109 Å². The standard InChI is InChI=1S/C42H46F3N7O4/c1-50-19-21-52(22-20-50)18-17-46-38(53)25-36(48-39(54)34-26-47-35-10-6-5-9-33(34)35)40(55)49-37(24-29-11-14-30-7-3-4-8-31(30)23-29)41(56)51(2)27-28-12-15-32(16-13-28)42(43,44)45/h3-16,23,26,36-37,47H,17-22,24-25,27H2,1-2H3,(H,46,53)(H,48,54)(H,49,55)/t36-,37-/m0/s1. The fourth-order valence-corrected chi connectivity index (χ4v) is 6.88. The van der Waals surface area contributed by atoms with Crippen molar-refractivity contribution in [2.45, 2.75) is 37.6 Å². The number of piperazine rings is 1. The summed E-state index contributed by atoms with van der Waals surface area (Å²) in [4.78, 5) is 64.3. The average molecular weight is 770 g/mol. The Hall–Kier alpha value is -5.73. The van der Waals surface area contributed by atoms with Gasteiger partial charge in [-0.2, -0.15) is 13.2 Å². The van der Waals surface area contributed by atoms with Gasteiger partial charge < -0.3 is 30.7 Å². The lowest BCUT2D eigenvalue weighted by molar-refractivity contribution is -0.138. The normalized spacial score (nSPS) is 14.9. The average Bonchev–Trinajstić information content (AvgIpc) is 3.62. The molecule has 1 fully saturated rings. The molecule has 2 atom stereocenters. The van der Waals surface area contributed by atoms with E-state index in [2.05, 4.69) is 37.8 Å². The molecule has 6 rings (SSSR count). The van der Waals surface area contributed by atoms with Crippen molar-refractivity contribution in [2.75, 3.05) is 53.4 Å². The van der Waals surface area contributed by atoms with Crippen LogP contribution < -0.4 is 16.0 Å². The van der Waals surface area contributed by atoms with Crippen LogP contribution >= 0.6 is 0 Å². The van der Waals surface area contributed by atoms with Gasteiger partial charge in [-0.15, -0.1) is 0 Å². The van der Waals surface area contributed by atoms with Crippen molar-refractivity contribution in [1.29, 1.82) is 0 Å². The Kier molecular flexibility index (Phi) is 12.7. The minimum atomic E-state index is -4.50. The first-order valence-electron chi connectivity index (χ1n) is 18.6. The van der Waals surface area contributed by atoms with Crippen LogP contribution in [0.5, 0.6) is 0 Å². The summed E-state index contributed by atoms with van der Waals surface area (Å²) >= 11 is 0. The van der Waals surface area contributed by atoms with E-state index in [0.29, 0.717) is 24.0 Å². The summed E-state index contributed by atoms with van der Waals surface area (Å²) < 4.78 is 39.6. The fraction of sp³-hybridized carbons (Fsp3) is 0.333. The summed E-state index contributed by atoms with van der Waals surface area (Å²) in [7, 11) is 3.57. The topological polar surface area (TPSA) is 130 Å². The second-order valence-corrected chi connectivity index (χ2v) is 14.3. The lowest BCUT2D eigenvalue weighted by Crippen LogP contribution is -2.55. The molecule has 0 radical (unpaired) electrons. The van der Waals surface area contributed by atoms with Crippen molar-refractivity contribution in [1.82, 2.24) is 35.6 Å². The van der Waals surface area contributed by atoms with Crippen LogP contribution in [0.1, 0.15) is 33.5 Å². The van der Waals surface area contributed by atoms with Gasteiger partial charge in [0.25, 0.3) is 5.91 Å². The van der Waals surface area contributed by atoms with Gasteiger partial charge >= 0.3 is 6.18 Å². The molecule has 14 heteroatoms. The van der Waals surface area contributed by atoms with Gasteiger partial charge in [0.1, 0.15) is 12.1 Å². The van der Waals surface area contributed by atoms with E-state index in [1.54, 1.807) is 12.1 Å². The highest BCUT2D eigenvalue weighted by Gasteiger charge is 2.32. The first kappa shape index (κ1) is 39.9. The lowest BCUT2D eigenvalue weighted by Gasteiger charge is -2.32. The number of benzene rings is 4. The maximum atomic E-state index is 14.2. The van der Waals surface area contributed by atoms with E-state index in [-0.39, 0.29) is 24.9 Å². The van der Waals surface area contributed by atoms with E-state index in [9.17, 15) is 32.3 Å². The Morgan fingerprint density at radius 2 is 1.50 bits per heavy atom. The van der Waals surface area contributed by atoms with Crippen LogP contribution in [0.25, 0.3) is 21.7 Å². The second-order valence-electron chi connectivity index (χ2n) is 14.3. The van der Waals surface area contributed by atoms with E-state index in [1.807, 2.05) is 54.6 Å². The number of alkyl halides is 3. The summed E-state index contributed by atoms with van der Waals surface area (Å²) in [5, 5.41) is 11.0. The molecule has 0 spiro atoms. The van der Waals surface area contributed by atoms with Crippen LogP contribution in [0, 0.1) is 0 Å². The Bertz CT molecular complexity index is 2160.